The summed E-state index contributed by atoms with van der Waals surface area (Å²) >= 11 is 0. The number of nitrogens with one attached hydrogen (secondary N) is 1. The van der Waals surface area contributed by atoms with E-state index in [1.807, 2.05) is 93.6 Å². The number of nitrogens with zero attached hydrogens (tertiary/aromatic N) is 1. The molecule has 1 N–H and O–H groups in total. The molecule has 0 spiro atoms. The van der Waals surface area contributed by atoms with Gasteiger partial charge in [-0.05, 0) is 42.8 Å². The summed E-state index contributed by atoms with van der Waals surface area (Å²) in [7, 11) is 0. The quantitative estimate of drug-likeness (QED) is 0.453. The summed E-state index contributed by atoms with van der Waals surface area (Å²) in [6, 6.07) is 24.7. The van der Waals surface area contributed by atoms with Gasteiger partial charge in [-0.1, -0.05) is 54.6 Å². The average molecular weight is 439 g/mol. The molecule has 33 heavy (non-hydrogen) atoms. The second kappa shape index (κ2) is 9.57. The minimum atomic E-state index is -0.793. The number of aliphatic imine (C=N–C) groups is 1. The molecule has 0 saturated heterocycles. The van der Waals surface area contributed by atoms with Crippen molar-refractivity contribution in [2.45, 2.75) is 26.6 Å². The van der Waals surface area contributed by atoms with Gasteiger partial charge in [0.05, 0.1) is 5.69 Å². The van der Waals surface area contributed by atoms with Crippen LogP contribution in [0.15, 0.2) is 102 Å². The number of amides is 1. The van der Waals surface area contributed by atoms with E-state index in [2.05, 4.69) is 10.3 Å². The molecule has 5 heteroatoms. The van der Waals surface area contributed by atoms with Gasteiger partial charge < -0.3 is 14.8 Å². The second-order valence-electron chi connectivity index (χ2n) is 8.15. The third kappa shape index (κ3) is 5.77. The molecule has 0 atom stereocenters. The van der Waals surface area contributed by atoms with Gasteiger partial charge in [-0.15, -0.1) is 0 Å². The summed E-state index contributed by atoms with van der Waals surface area (Å²) in [4.78, 5) is 17.0. The highest BCUT2D eigenvalue weighted by atomic mass is 16.7. The van der Waals surface area contributed by atoms with E-state index in [0.29, 0.717) is 11.3 Å². The van der Waals surface area contributed by atoms with Crippen molar-refractivity contribution in [1.29, 1.82) is 0 Å². The lowest BCUT2D eigenvalue weighted by molar-refractivity contribution is -0.149. The molecule has 1 aliphatic rings. The Kier molecular flexibility index (Phi) is 6.41. The lowest BCUT2D eigenvalue weighted by atomic mass is 10.1. The zero-order chi connectivity index (χ0) is 23.3. The molecular weight excluding hydrogens is 412 g/mol. The molecule has 0 bridgehead atoms. The van der Waals surface area contributed by atoms with Crippen molar-refractivity contribution in [3.05, 3.63) is 113 Å². The predicted molar refractivity (Wildman–Crippen MR) is 132 cm³/mol. The van der Waals surface area contributed by atoms with Gasteiger partial charge in [0.15, 0.2) is 0 Å². The van der Waals surface area contributed by atoms with Crippen LogP contribution in [-0.2, 0) is 9.47 Å². The van der Waals surface area contributed by atoms with E-state index in [4.69, 9.17) is 9.47 Å². The summed E-state index contributed by atoms with van der Waals surface area (Å²) in [5.74, 6) is 0.447. The first-order valence-corrected chi connectivity index (χ1v) is 10.8. The number of hydrogen-bond donors (Lipinski definition) is 1. The molecule has 1 heterocycles. The molecule has 0 fully saturated rings. The van der Waals surface area contributed by atoms with Crippen LogP contribution in [0.3, 0.4) is 0 Å². The summed E-state index contributed by atoms with van der Waals surface area (Å²) in [6.45, 7) is 5.69. The van der Waals surface area contributed by atoms with Crippen LogP contribution in [0.1, 0.15) is 35.3 Å². The van der Waals surface area contributed by atoms with Crippen LogP contribution in [-0.4, -0.2) is 17.9 Å². The maximum atomic E-state index is 12.5. The van der Waals surface area contributed by atoms with Crippen molar-refractivity contribution in [3.63, 3.8) is 0 Å². The van der Waals surface area contributed by atoms with Crippen molar-refractivity contribution in [1.82, 2.24) is 0 Å². The first-order chi connectivity index (χ1) is 15.9. The molecule has 5 nitrogen and oxygen atoms in total. The Labute approximate surface area is 194 Å². The van der Waals surface area contributed by atoms with Crippen LogP contribution in [0, 0.1) is 6.92 Å². The van der Waals surface area contributed by atoms with Gasteiger partial charge in [-0.25, -0.2) is 0 Å². The number of aryl methyl sites for hydroxylation is 1. The molecule has 1 amide bonds. The standard InChI is InChI=1S/C28H26N2O3/c1-20-14-15-23(18-25(20)30-27(31)22-12-8-5-9-13-22)29-17-16-24-19-26(33-28(2,3)32-24)21-10-6-4-7-11-21/h4-19H,1-3H3,(H,30,31)/b24-16-,29-17?. The third-order valence-corrected chi connectivity index (χ3v) is 5.02. The summed E-state index contributed by atoms with van der Waals surface area (Å²) in [6.07, 6.45) is 5.34. The number of anilines is 1. The minimum absolute atomic E-state index is 0.154. The van der Waals surface area contributed by atoms with Crippen molar-refractivity contribution < 1.29 is 14.3 Å². The van der Waals surface area contributed by atoms with Crippen molar-refractivity contribution in [2.24, 2.45) is 4.99 Å². The Morgan fingerprint density at radius 2 is 1.64 bits per heavy atom. The van der Waals surface area contributed by atoms with Crippen molar-refractivity contribution >= 4 is 29.3 Å². The fraction of sp³-hybridized carbons (Fsp3) is 0.143. The van der Waals surface area contributed by atoms with Crippen LogP contribution in [0.4, 0.5) is 11.4 Å². The number of carbonyl (C=O) groups is 1. The highest BCUT2D eigenvalue weighted by molar-refractivity contribution is 6.04. The zero-order valence-corrected chi connectivity index (χ0v) is 18.9. The Morgan fingerprint density at radius 1 is 0.939 bits per heavy atom. The van der Waals surface area contributed by atoms with Gasteiger partial charge in [0.2, 0.25) is 5.79 Å². The lowest BCUT2D eigenvalue weighted by Crippen LogP contribution is -2.30. The molecule has 3 aromatic carbocycles. The maximum absolute atomic E-state index is 12.5. The van der Waals surface area contributed by atoms with E-state index < -0.39 is 5.79 Å². The molecule has 1 aliphatic heterocycles. The number of benzene rings is 3. The first kappa shape index (κ1) is 22.1. The van der Waals surface area contributed by atoms with Crippen LogP contribution in [0.5, 0.6) is 0 Å². The minimum Gasteiger partial charge on any atom is -0.453 e. The summed E-state index contributed by atoms with van der Waals surface area (Å²) < 4.78 is 11.9. The predicted octanol–water partition coefficient (Wildman–Crippen LogP) is 6.66. The van der Waals surface area contributed by atoms with Crippen LogP contribution in [0.25, 0.3) is 5.76 Å². The van der Waals surface area contributed by atoms with Crippen molar-refractivity contribution in [2.75, 3.05) is 5.32 Å². The number of carbonyl (C=O) groups excluding carboxylic acids is 1. The number of allylic oxidation sites excluding steroid dienone is 2. The monoisotopic (exact) mass is 438 g/mol. The number of rotatable bonds is 5. The van der Waals surface area contributed by atoms with E-state index in [-0.39, 0.29) is 5.91 Å². The lowest BCUT2D eigenvalue weighted by Gasteiger charge is -2.33. The van der Waals surface area contributed by atoms with Crippen LogP contribution >= 0.6 is 0 Å². The average Bonchev–Trinajstić information content (AvgIpc) is 2.81. The van der Waals surface area contributed by atoms with E-state index in [1.165, 1.54) is 0 Å². The second-order valence-corrected chi connectivity index (χ2v) is 8.15. The molecule has 0 aliphatic carbocycles. The Balaban J connectivity index is 1.53. The first-order valence-electron chi connectivity index (χ1n) is 10.8. The third-order valence-electron chi connectivity index (χ3n) is 5.02. The Bertz CT molecular complexity index is 1230. The fourth-order valence-electron chi connectivity index (χ4n) is 3.39. The smallest absolute Gasteiger partial charge is 0.255 e. The summed E-state index contributed by atoms with van der Waals surface area (Å²) in [5.41, 5.74) is 3.99. The van der Waals surface area contributed by atoms with E-state index in [1.54, 1.807) is 24.4 Å². The molecular formula is C28H26N2O3. The van der Waals surface area contributed by atoms with Gasteiger partial charge in [0.25, 0.3) is 5.91 Å². The van der Waals surface area contributed by atoms with Gasteiger partial charge in [0.1, 0.15) is 11.5 Å². The van der Waals surface area contributed by atoms with Gasteiger partial charge in [-0.3, -0.25) is 9.79 Å². The van der Waals surface area contributed by atoms with E-state index in [9.17, 15) is 4.79 Å². The van der Waals surface area contributed by atoms with Gasteiger partial charge >= 0.3 is 0 Å². The SMILES string of the molecule is Cc1ccc(N=C/C=C2/C=C(c3ccccc3)OC(C)(C)O2)cc1NC(=O)c1ccccc1. The number of ether oxygens (including phenoxy) is 2. The Morgan fingerprint density at radius 3 is 2.36 bits per heavy atom. The van der Waals surface area contributed by atoms with Crippen molar-refractivity contribution in [3.8, 4) is 0 Å². The number of hydrogen-bond acceptors (Lipinski definition) is 4. The molecule has 4 rings (SSSR count). The molecule has 0 aromatic heterocycles. The molecule has 0 saturated carbocycles. The molecule has 0 radical (unpaired) electrons. The molecule has 166 valence electrons. The fourth-order valence-corrected chi connectivity index (χ4v) is 3.39. The topological polar surface area (TPSA) is 59.9 Å². The molecule has 0 unspecified atom stereocenters. The van der Waals surface area contributed by atoms with E-state index in [0.717, 1.165) is 28.3 Å². The zero-order valence-electron chi connectivity index (χ0n) is 18.9. The maximum Gasteiger partial charge on any atom is 0.255 e. The van der Waals surface area contributed by atoms with Gasteiger partial charge in [0, 0.05) is 43.0 Å². The highest BCUT2D eigenvalue weighted by Crippen LogP contribution is 2.32. The van der Waals surface area contributed by atoms with Crippen LogP contribution < -0.4 is 5.32 Å². The highest BCUT2D eigenvalue weighted by Gasteiger charge is 2.28. The van der Waals surface area contributed by atoms with E-state index >= 15 is 0 Å². The Hall–Kier alpha value is -4.12. The summed E-state index contributed by atoms with van der Waals surface area (Å²) in [5, 5.41) is 2.96. The van der Waals surface area contributed by atoms with Gasteiger partial charge in [-0.2, -0.15) is 0 Å². The normalized spacial score (nSPS) is 16.1. The van der Waals surface area contributed by atoms with Crippen LogP contribution in [0.2, 0.25) is 0 Å². The largest absolute Gasteiger partial charge is 0.453 e. The molecule has 3 aromatic rings.